The summed E-state index contributed by atoms with van der Waals surface area (Å²) in [6.07, 6.45) is 0.570. The quantitative estimate of drug-likeness (QED) is 0.779. The molecule has 3 nitrogen and oxygen atoms in total. The van der Waals surface area contributed by atoms with Crippen LogP contribution >= 0.6 is 0 Å². The summed E-state index contributed by atoms with van der Waals surface area (Å²) < 4.78 is 0. The molecule has 0 saturated carbocycles. The van der Waals surface area contributed by atoms with Gasteiger partial charge in [-0.05, 0) is 24.7 Å². The Kier molecular flexibility index (Phi) is 6.33. The molecule has 0 bridgehead atoms. The molecule has 0 heterocycles. The SMILES string of the molecule is CCN(CC)CCC(=O)NCc1cc[c]cc1. The van der Waals surface area contributed by atoms with Gasteiger partial charge in [0.1, 0.15) is 0 Å². The smallest absolute Gasteiger partial charge is 0.221 e. The summed E-state index contributed by atoms with van der Waals surface area (Å²) in [6, 6.07) is 10.6. The van der Waals surface area contributed by atoms with Crippen LogP contribution in [-0.2, 0) is 11.3 Å². The van der Waals surface area contributed by atoms with E-state index < -0.39 is 0 Å². The minimum Gasteiger partial charge on any atom is -0.352 e. The van der Waals surface area contributed by atoms with Gasteiger partial charge in [0.15, 0.2) is 0 Å². The summed E-state index contributed by atoms with van der Waals surface area (Å²) in [5.74, 6) is 0.115. The number of carbonyl (C=O) groups is 1. The average Bonchev–Trinajstić information content (AvgIpc) is 2.39. The Hall–Kier alpha value is -1.35. The topological polar surface area (TPSA) is 32.3 Å². The van der Waals surface area contributed by atoms with Crippen LogP contribution in [0.1, 0.15) is 25.8 Å². The maximum absolute atomic E-state index is 11.6. The number of benzene rings is 1. The van der Waals surface area contributed by atoms with Crippen molar-refractivity contribution in [2.75, 3.05) is 19.6 Å². The van der Waals surface area contributed by atoms with Gasteiger partial charge in [-0.15, -0.1) is 0 Å². The van der Waals surface area contributed by atoms with Gasteiger partial charge in [0.05, 0.1) is 0 Å². The molecular weight excluding hydrogens is 212 g/mol. The molecule has 0 fully saturated rings. The van der Waals surface area contributed by atoms with E-state index in [1.807, 2.05) is 24.3 Å². The highest BCUT2D eigenvalue weighted by atomic mass is 16.1. The van der Waals surface area contributed by atoms with Crippen LogP contribution in [0, 0.1) is 6.07 Å². The van der Waals surface area contributed by atoms with E-state index in [4.69, 9.17) is 0 Å². The zero-order chi connectivity index (χ0) is 12.5. The third-order valence-electron chi connectivity index (χ3n) is 2.83. The van der Waals surface area contributed by atoms with Gasteiger partial charge < -0.3 is 10.2 Å². The predicted molar refractivity (Wildman–Crippen MR) is 69.5 cm³/mol. The number of amides is 1. The van der Waals surface area contributed by atoms with Crippen LogP contribution in [0.5, 0.6) is 0 Å². The molecule has 1 rings (SSSR count). The first-order valence-corrected chi connectivity index (χ1v) is 6.20. The van der Waals surface area contributed by atoms with Crippen LogP contribution in [0.3, 0.4) is 0 Å². The van der Waals surface area contributed by atoms with Crippen LogP contribution in [0.25, 0.3) is 0 Å². The number of hydrogen-bond acceptors (Lipinski definition) is 2. The minimum absolute atomic E-state index is 0.115. The molecule has 1 aromatic rings. The molecule has 1 radical (unpaired) electrons. The summed E-state index contributed by atoms with van der Waals surface area (Å²) in [5, 5.41) is 2.92. The third-order valence-corrected chi connectivity index (χ3v) is 2.83. The first-order chi connectivity index (χ1) is 8.26. The van der Waals surface area contributed by atoms with Crippen LogP contribution < -0.4 is 5.32 Å². The van der Waals surface area contributed by atoms with Gasteiger partial charge in [0.2, 0.25) is 5.91 Å². The van der Waals surface area contributed by atoms with Gasteiger partial charge in [0, 0.05) is 19.5 Å². The standard InChI is InChI=1S/C14H21N2O/c1-3-16(4-2)11-10-14(17)15-12-13-8-6-5-7-9-13/h6-9H,3-4,10-12H2,1-2H3,(H,15,17). The van der Waals surface area contributed by atoms with Crippen molar-refractivity contribution in [3.8, 4) is 0 Å². The Balaban J connectivity index is 2.22. The Morgan fingerprint density at radius 2 is 1.94 bits per heavy atom. The van der Waals surface area contributed by atoms with E-state index in [9.17, 15) is 4.79 Å². The predicted octanol–water partition coefficient (Wildman–Crippen LogP) is 1.83. The summed E-state index contributed by atoms with van der Waals surface area (Å²) in [6.45, 7) is 7.66. The highest BCUT2D eigenvalue weighted by Crippen LogP contribution is 1.97. The Labute approximate surface area is 104 Å². The lowest BCUT2D eigenvalue weighted by Crippen LogP contribution is -2.30. The maximum Gasteiger partial charge on any atom is 0.221 e. The van der Waals surface area contributed by atoms with Gasteiger partial charge in [-0.1, -0.05) is 38.1 Å². The Bertz CT molecular complexity index is 320. The van der Waals surface area contributed by atoms with Crippen molar-refractivity contribution < 1.29 is 4.79 Å². The van der Waals surface area contributed by atoms with Crippen molar-refractivity contribution in [3.05, 3.63) is 35.9 Å². The van der Waals surface area contributed by atoms with Crippen molar-refractivity contribution >= 4 is 5.91 Å². The second kappa shape index (κ2) is 7.85. The molecule has 0 aliphatic heterocycles. The number of carbonyl (C=O) groups excluding carboxylic acids is 1. The van der Waals surface area contributed by atoms with Gasteiger partial charge >= 0.3 is 0 Å². The molecule has 0 atom stereocenters. The highest BCUT2D eigenvalue weighted by Gasteiger charge is 2.04. The number of nitrogens with one attached hydrogen (secondary N) is 1. The lowest BCUT2D eigenvalue weighted by molar-refractivity contribution is -0.121. The van der Waals surface area contributed by atoms with Gasteiger partial charge in [-0.2, -0.15) is 0 Å². The van der Waals surface area contributed by atoms with E-state index >= 15 is 0 Å². The van der Waals surface area contributed by atoms with Crippen LogP contribution in [0.4, 0.5) is 0 Å². The lowest BCUT2D eigenvalue weighted by Gasteiger charge is -2.17. The molecule has 0 saturated heterocycles. The van der Waals surface area contributed by atoms with Crippen molar-refractivity contribution in [3.63, 3.8) is 0 Å². The maximum atomic E-state index is 11.6. The number of nitrogens with zero attached hydrogens (tertiary/aromatic N) is 1. The second-order valence-electron chi connectivity index (χ2n) is 3.96. The molecule has 1 N–H and O–H groups in total. The monoisotopic (exact) mass is 233 g/mol. The molecule has 0 aromatic heterocycles. The average molecular weight is 233 g/mol. The van der Waals surface area contributed by atoms with Crippen LogP contribution in [0.15, 0.2) is 24.3 Å². The van der Waals surface area contributed by atoms with E-state index in [0.717, 1.165) is 25.2 Å². The van der Waals surface area contributed by atoms with Gasteiger partial charge in [-0.3, -0.25) is 4.79 Å². The molecule has 1 aromatic carbocycles. The first kappa shape index (κ1) is 13.7. The molecule has 0 spiro atoms. The largest absolute Gasteiger partial charge is 0.352 e. The van der Waals surface area contributed by atoms with E-state index in [-0.39, 0.29) is 5.91 Å². The van der Waals surface area contributed by atoms with Crippen molar-refractivity contribution in [2.24, 2.45) is 0 Å². The molecule has 0 aliphatic carbocycles. The number of rotatable bonds is 7. The summed E-state index contributed by atoms with van der Waals surface area (Å²) in [4.78, 5) is 13.9. The van der Waals surface area contributed by atoms with Gasteiger partial charge in [-0.25, -0.2) is 0 Å². The third kappa shape index (κ3) is 5.50. The molecule has 0 unspecified atom stereocenters. The normalized spacial score (nSPS) is 10.5. The fraction of sp³-hybridized carbons (Fsp3) is 0.500. The first-order valence-electron chi connectivity index (χ1n) is 6.20. The zero-order valence-corrected chi connectivity index (χ0v) is 10.7. The van der Waals surface area contributed by atoms with Crippen molar-refractivity contribution in [1.29, 1.82) is 0 Å². The Morgan fingerprint density at radius 1 is 1.29 bits per heavy atom. The number of hydrogen-bond donors (Lipinski definition) is 1. The van der Waals surface area contributed by atoms with Crippen molar-refractivity contribution in [2.45, 2.75) is 26.8 Å². The molecule has 0 aliphatic rings. The summed E-state index contributed by atoms with van der Waals surface area (Å²) in [7, 11) is 0. The van der Waals surface area contributed by atoms with E-state index in [1.165, 1.54) is 0 Å². The fourth-order valence-corrected chi connectivity index (χ4v) is 1.63. The second-order valence-corrected chi connectivity index (χ2v) is 3.96. The molecule has 17 heavy (non-hydrogen) atoms. The molecule has 1 amide bonds. The molecular formula is C14H21N2O. The molecule has 93 valence electrons. The minimum atomic E-state index is 0.115. The van der Waals surface area contributed by atoms with E-state index in [2.05, 4.69) is 30.1 Å². The fourth-order valence-electron chi connectivity index (χ4n) is 1.63. The summed E-state index contributed by atoms with van der Waals surface area (Å²) >= 11 is 0. The lowest BCUT2D eigenvalue weighted by atomic mass is 10.2. The zero-order valence-electron chi connectivity index (χ0n) is 10.7. The summed E-state index contributed by atoms with van der Waals surface area (Å²) in [5.41, 5.74) is 1.11. The highest BCUT2D eigenvalue weighted by molar-refractivity contribution is 5.76. The molecule has 3 heteroatoms. The Morgan fingerprint density at radius 3 is 2.53 bits per heavy atom. The van der Waals surface area contributed by atoms with Gasteiger partial charge in [0.25, 0.3) is 0 Å². The van der Waals surface area contributed by atoms with E-state index in [0.29, 0.717) is 13.0 Å². The van der Waals surface area contributed by atoms with Crippen LogP contribution in [-0.4, -0.2) is 30.4 Å². The van der Waals surface area contributed by atoms with Crippen molar-refractivity contribution in [1.82, 2.24) is 10.2 Å². The van der Waals surface area contributed by atoms with Crippen LogP contribution in [0.2, 0.25) is 0 Å². The van der Waals surface area contributed by atoms with E-state index in [1.54, 1.807) is 0 Å².